The Labute approximate surface area is 207 Å². The van der Waals surface area contributed by atoms with Crippen molar-refractivity contribution >= 4 is 35.1 Å². The minimum atomic E-state index is -0.206. The van der Waals surface area contributed by atoms with E-state index in [2.05, 4.69) is 41.6 Å². The number of aliphatic imine (C=N–C) groups is 1. The summed E-state index contributed by atoms with van der Waals surface area (Å²) >= 11 is 0. The van der Waals surface area contributed by atoms with Crippen molar-refractivity contribution in [2.45, 2.75) is 52.0 Å². The third kappa shape index (κ3) is 5.46. The molecule has 7 heteroatoms. The fraction of sp³-hybridized carbons (Fsp3) is 0.393. The van der Waals surface area contributed by atoms with Gasteiger partial charge in [-0.3, -0.25) is 9.59 Å². The molecular weight excluding hydrogens is 438 g/mol. The Bertz CT molecular complexity index is 1180. The van der Waals surface area contributed by atoms with E-state index >= 15 is 0 Å². The number of hydrogen-bond acceptors (Lipinski definition) is 5. The van der Waals surface area contributed by atoms with Crippen molar-refractivity contribution < 1.29 is 9.59 Å². The number of benzene rings is 2. The summed E-state index contributed by atoms with van der Waals surface area (Å²) < 4.78 is 0. The molecule has 7 nitrogen and oxygen atoms in total. The molecule has 1 aliphatic carbocycles. The van der Waals surface area contributed by atoms with Gasteiger partial charge in [-0.2, -0.15) is 0 Å². The van der Waals surface area contributed by atoms with E-state index in [0.29, 0.717) is 48.2 Å². The fourth-order valence-electron chi connectivity index (χ4n) is 4.91. The molecule has 1 aliphatic heterocycles. The van der Waals surface area contributed by atoms with Crippen molar-refractivity contribution in [3.63, 3.8) is 0 Å². The van der Waals surface area contributed by atoms with Crippen LogP contribution in [0.4, 0.5) is 11.4 Å². The van der Waals surface area contributed by atoms with Crippen LogP contribution < -0.4 is 16.4 Å². The first-order valence-electron chi connectivity index (χ1n) is 12.5. The van der Waals surface area contributed by atoms with Crippen LogP contribution in [-0.4, -0.2) is 42.7 Å². The van der Waals surface area contributed by atoms with Gasteiger partial charge in [-0.25, -0.2) is 4.99 Å². The smallest absolute Gasteiger partial charge is 0.255 e. The van der Waals surface area contributed by atoms with E-state index in [1.807, 2.05) is 30.2 Å². The molecule has 4 rings (SSSR count). The topological polar surface area (TPSA) is 99.8 Å². The number of nitrogens with one attached hydrogen (secondary N) is 2. The van der Waals surface area contributed by atoms with Crippen molar-refractivity contribution in [1.82, 2.24) is 10.2 Å². The van der Waals surface area contributed by atoms with Crippen LogP contribution in [0.15, 0.2) is 47.0 Å². The molecule has 4 N–H and O–H groups in total. The normalized spacial score (nSPS) is 16.5. The minimum absolute atomic E-state index is 0.00185. The van der Waals surface area contributed by atoms with Gasteiger partial charge >= 0.3 is 0 Å². The quantitative estimate of drug-likeness (QED) is 0.523. The van der Waals surface area contributed by atoms with Crippen LogP contribution in [-0.2, 0) is 11.2 Å². The molecule has 2 aromatic rings. The maximum atomic E-state index is 13.2. The number of carbonyl (C=O) groups excluding carboxylic acids is 2. The number of amides is 2. The predicted molar refractivity (Wildman–Crippen MR) is 142 cm³/mol. The van der Waals surface area contributed by atoms with Crippen molar-refractivity contribution in [1.29, 1.82) is 0 Å². The van der Waals surface area contributed by atoms with Crippen molar-refractivity contribution in [3.8, 4) is 0 Å². The molecular formula is C28H35N5O2. The third-order valence-corrected chi connectivity index (χ3v) is 6.64. The van der Waals surface area contributed by atoms with Crippen LogP contribution >= 0.6 is 0 Å². The van der Waals surface area contributed by atoms with Crippen LogP contribution in [0.3, 0.4) is 0 Å². The monoisotopic (exact) mass is 473 g/mol. The molecule has 1 unspecified atom stereocenters. The second-order valence-electron chi connectivity index (χ2n) is 9.26. The number of nitrogens with zero attached hydrogens (tertiary/aromatic N) is 2. The Hall–Kier alpha value is -3.45. The van der Waals surface area contributed by atoms with Gasteiger partial charge < -0.3 is 21.3 Å². The molecule has 1 heterocycles. The molecule has 0 fully saturated rings. The predicted octanol–water partition coefficient (Wildman–Crippen LogP) is 4.57. The summed E-state index contributed by atoms with van der Waals surface area (Å²) in [6, 6.07) is 11.8. The largest absolute Gasteiger partial charge is 0.387 e. The van der Waals surface area contributed by atoms with Gasteiger partial charge in [0.1, 0.15) is 5.84 Å². The van der Waals surface area contributed by atoms with E-state index in [9.17, 15) is 9.59 Å². The number of carbonyl (C=O) groups is 2. The molecule has 184 valence electrons. The summed E-state index contributed by atoms with van der Waals surface area (Å²) in [4.78, 5) is 32.6. The lowest BCUT2D eigenvalue weighted by atomic mass is 10.0. The van der Waals surface area contributed by atoms with Crippen molar-refractivity contribution in [3.05, 3.63) is 64.2 Å². The Balaban J connectivity index is 1.56. The highest BCUT2D eigenvalue weighted by Gasteiger charge is 2.23. The van der Waals surface area contributed by atoms with Crippen LogP contribution in [0, 0.1) is 0 Å². The number of fused-ring (bicyclic) bond motifs is 2. The summed E-state index contributed by atoms with van der Waals surface area (Å²) in [5.41, 5.74) is 12.0. The molecule has 1 atom stereocenters. The molecule has 0 bridgehead atoms. The van der Waals surface area contributed by atoms with Crippen LogP contribution in [0.2, 0.25) is 0 Å². The highest BCUT2D eigenvalue weighted by molar-refractivity contribution is 6.08. The minimum Gasteiger partial charge on any atom is -0.387 e. The summed E-state index contributed by atoms with van der Waals surface area (Å²) in [5, 5.41) is 6.35. The molecule has 0 aromatic heterocycles. The second kappa shape index (κ2) is 10.9. The Morgan fingerprint density at radius 3 is 2.60 bits per heavy atom. The average molecular weight is 474 g/mol. The van der Waals surface area contributed by atoms with Crippen LogP contribution in [0.1, 0.15) is 72.6 Å². The Kier molecular flexibility index (Phi) is 7.66. The average Bonchev–Trinajstić information content (AvgIpc) is 3.17. The first kappa shape index (κ1) is 24.7. The van der Waals surface area contributed by atoms with Gasteiger partial charge in [0.15, 0.2) is 0 Å². The SMILES string of the molecule is CCCN(CCC)C(=O)C1=Cc2ccc(C(=O)Nc3ccc4c(c3)C(NC)CC4)cc2N=C(N)C1. The first-order valence-corrected chi connectivity index (χ1v) is 12.5. The molecule has 0 radical (unpaired) electrons. The van der Waals surface area contributed by atoms with Crippen molar-refractivity contribution in [2.75, 3.05) is 25.5 Å². The number of amidine groups is 1. The molecule has 0 saturated heterocycles. The molecule has 0 spiro atoms. The van der Waals surface area contributed by atoms with E-state index < -0.39 is 0 Å². The van der Waals surface area contributed by atoms with Crippen LogP contribution in [0.25, 0.3) is 6.08 Å². The van der Waals surface area contributed by atoms with Crippen molar-refractivity contribution in [2.24, 2.45) is 10.7 Å². The summed E-state index contributed by atoms with van der Waals surface area (Å²) in [6.07, 6.45) is 6.07. The molecule has 0 saturated carbocycles. The van der Waals surface area contributed by atoms with Gasteiger partial charge in [0.25, 0.3) is 5.91 Å². The zero-order valence-corrected chi connectivity index (χ0v) is 20.9. The second-order valence-corrected chi connectivity index (χ2v) is 9.26. The first-order chi connectivity index (χ1) is 16.9. The van der Waals surface area contributed by atoms with Gasteiger partial charge in [-0.05, 0) is 74.2 Å². The number of nitrogens with two attached hydrogens (primary N) is 1. The number of hydrogen-bond donors (Lipinski definition) is 3. The highest BCUT2D eigenvalue weighted by Crippen LogP contribution is 2.33. The number of anilines is 1. The maximum Gasteiger partial charge on any atom is 0.255 e. The third-order valence-electron chi connectivity index (χ3n) is 6.64. The van der Waals surface area contributed by atoms with E-state index in [0.717, 1.165) is 36.9 Å². The van der Waals surface area contributed by atoms with Gasteiger partial charge in [0, 0.05) is 47.9 Å². The summed E-state index contributed by atoms with van der Waals surface area (Å²) in [7, 11) is 1.96. The zero-order chi connectivity index (χ0) is 24.9. The van der Waals surface area contributed by atoms with Gasteiger partial charge in [-0.1, -0.05) is 26.0 Å². The maximum absolute atomic E-state index is 13.2. The fourth-order valence-corrected chi connectivity index (χ4v) is 4.91. The zero-order valence-electron chi connectivity index (χ0n) is 20.9. The van der Waals surface area contributed by atoms with Gasteiger partial charge in [0.2, 0.25) is 5.91 Å². The van der Waals surface area contributed by atoms with Crippen LogP contribution in [0.5, 0.6) is 0 Å². The van der Waals surface area contributed by atoms with E-state index in [-0.39, 0.29) is 11.8 Å². The molecule has 2 amide bonds. The summed E-state index contributed by atoms with van der Waals surface area (Å²) in [6.45, 7) is 5.56. The van der Waals surface area contributed by atoms with E-state index in [1.165, 1.54) is 11.1 Å². The summed E-state index contributed by atoms with van der Waals surface area (Å²) in [5.74, 6) is 0.158. The Morgan fingerprint density at radius 1 is 1.11 bits per heavy atom. The molecule has 35 heavy (non-hydrogen) atoms. The lowest BCUT2D eigenvalue weighted by Gasteiger charge is -2.22. The Morgan fingerprint density at radius 2 is 1.89 bits per heavy atom. The molecule has 2 aromatic carbocycles. The number of aryl methyl sites for hydroxylation is 1. The van der Waals surface area contributed by atoms with E-state index in [4.69, 9.17) is 5.73 Å². The number of rotatable bonds is 8. The lowest BCUT2D eigenvalue weighted by Crippen LogP contribution is -2.34. The van der Waals surface area contributed by atoms with Gasteiger partial charge in [-0.15, -0.1) is 0 Å². The molecule has 2 aliphatic rings. The highest BCUT2D eigenvalue weighted by atomic mass is 16.2. The standard InChI is InChI=1S/C28H35N5O2/c1-4-12-33(13-5-2)28(35)21-14-19-6-7-20(15-25(19)32-26(29)16-21)27(34)31-22-10-8-18-9-11-24(30-3)23(18)17-22/h6-8,10,14-15,17,24,30H,4-5,9,11-13,16H2,1-3H3,(H2,29,32)(H,31,34). The van der Waals surface area contributed by atoms with Gasteiger partial charge in [0.05, 0.1) is 5.69 Å². The van der Waals surface area contributed by atoms with E-state index in [1.54, 1.807) is 12.1 Å². The lowest BCUT2D eigenvalue weighted by molar-refractivity contribution is -0.127.